The number of ether oxygens (including phenoxy) is 1. The largest absolute Gasteiger partial charge is 0.379 e. The van der Waals surface area contributed by atoms with Gasteiger partial charge in [-0.1, -0.05) is 0 Å². The molecule has 0 aliphatic carbocycles. The van der Waals surface area contributed by atoms with Crippen LogP contribution < -0.4 is 5.32 Å². The van der Waals surface area contributed by atoms with E-state index in [-0.39, 0.29) is 0 Å². The van der Waals surface area contributed by atoms with Crippen LogP contribution in [0.1, 0.15) is 51.1 Å². The van der Waals surface area contributed by atoms with E-state index in [0.29, 0.717) is 12.0 Å². The Hall–Kier alpha value is -0.870. The maximum Gasteiger partial charge on any atom is 0.0948 e. The zero-order valence-electron chi connectivity index (χ0n) is 12.3. The summed E-state index contributed by atoms with van der Waals surface area (Å²) in [7, 11) is 0. The molecule has 2 rings (SSSR count). The Kier molecular flexibility index (Phi) is 5.86. The van der Waals surface area contributed by atoms with Crippen molar-refractivity contribution in [3.8, 4) is 0 Å². The average molecular weight is 265 g/mol. The van der Waals surface area contributed by atoms with Crippen LogP contribution in [-0.4, -0.2) is 35.4 Å². The van der Waals surface area contributed by atoms with Gasteiger partial charge in [-0.2, -0.15) is 0 Å². The number of aryl methyl sites for hydroxylation is 1. The van der Waals surface area contributed by atoms with Crippen LogP contribution in [-0.2, 0) is 11.3 Å². The lowest BCUT2D eigenvalue weighted by Crippen LogP contribution is -2.29. The van der Waals surface area contributed by atoms with Crippen LogP contribution in [0.5, 0.6) is 0 Å². The van der Waals surface area contributed by atoms with Crippen LogP contribution in [0.2, 0.25) is 0 Å². The van der Waals surface area contributed by atoms with Crippen LogP contribution in [0.15, 0.2) is 12.5 Å². The van der Waals surface area contributed by atoms with Gasteiger partial charge in [-0.3, -0.25) is 0 Å². The fourth-order valence-corrected chi connectivity index (χ4v) is 2.67. The Morgan fingerprint density at radius 1 is 1.47 bits per heavy atom. The zero-order valence-corrected chi connectivity index (χ0v) is 12.3. The van der Waals surface area contributed by atoms with Gasteiger partial charge in [0.15, 0.2) is 0 Å². The van der Waals surface area contributed by atoms with Crippen LogP contribution in [0.3, 0.4) is 0 Å². The van der Waals surface area contributed by atoms with Crippen molar-refractivity contribution < 1.29 is 4.74 Å². The standard InChI is InChI=1S/C15H27N3O/c1-13(2)19-9-4-3-8-18-12-17-11-15(18)14-6-5-7-16-10-14/h11-14,16H,3-10H2,1-2H3. The molecule has 108 valence electrons. The molecule has 0 radical (unpaired) electrons. The third-order valence-electron chi connectivity index (χ3n) is 3.70. The average Bonchev–Trinajstić information content (AvgIpc) is 2.87. The Morgan fingerprint density at radius 2 is 2.37 bits per heavy atom. The summed E-state index contributed by atoms with van der Waals surface area (Å²) in [6, 6.07) is 0. The van der Waals surface area contributed by atoms with Crippen molar-refractivity contribution in [1.29, 1.82) is 0 Å². The molecule has 0 aromatic carbocycles. The zero-order chi connectivity index (χ0) is 13.5. The lowest BCUT2D eigenvalue weighted by Gasteiger charge is -2.23. The quantitative estimate of drug-likeness (QED) is 0.770. The second-order valence-electron chi connectivity index (χ2n) is 5.68. The molecular weight excluding hydrogens is 238 g/mol. The first-order chi connectivity index (χ1) is 9.27. The molecule has 4 heteroatoms. The highest BCUT2D eigenvalue weighted by Gasteiger charge is 2.18. The van der Waals surface area contributed by atoms with Crippen molar-refractivity contribution in [2.45, 2.75) is 58.1 Å². The molecule has 1 unspecified atom stereocenters. The first kappa shape index (κ1) is 14.5. The van der Waals surface area contributed by atoms with Gasteiger partial charge < -0.3 is 14.6 Å². The van der Waals surface area contributed by atoms with Gasteiger partial charge in [0.2, 0.25) is 0 Å². The summed E-state index contributed by atoms with van der Waals surface area (Å²) in [5.74, 6) is 0.642. The molecular formula is C15H27N3O. The van der Waals surface area contributed by atoms with Crippen LogP contribution >= 0.6 is 0 Å². The lowest BCUT2D eigenvalue weighted by molar-refractivity contribution is 0.0754. The predicted molar refractivity (Wildman–Crippen MR) is 77.4 cm³/mol. The van der Waals surface area contributed by atoms with E-state index >= 15 is 0 Å². The number of nitrogens with one attached hydrogen (secondary N) is 1. The second kappa shape index (κ2) is 7.65. The van der Waals surface area contributed by atoms with Crippen molar-refractivity contribution in [1.82, 2.24) is 14.9 Å². The lowest BCUT2D eigenvalue weighted by atomic mass is 9.96. The third-order valence-corrected chi connectivity index (χ3v) is 3.70. The van der Waals surface area contributed by atoms with E-state index in [9.17, 15) is 0 Å². The molecule has 1 saturated heterocycles. The number of imidazole rings is 1. The number of nitrogens with zero attached hydrogens (tertiary/aromatic N) is 2. The highest BCUT2D eigenvalue weighted by atomic mass is 16.5. The van der Waals surface area contributed by atoms with Crippen molar-refractivity contribution in [2.75, 3.05) is 19.7 Å². The van der Waals surface area contributed by atoms with E-state index in [1.807, 2.05) is 12.5 Å². The molecule has 1 aromatic heterocycles. The Labute approximate surface area is 116 Å². The van der Waals surface area contributed by atoms with E-state index in [1.54, 1.807) is 0 Å². The molecule has 0 amide bonds. The summed E-state index contributed by atoms with van der Waals surface area (Å²) < 4.78 is 7.90. The van der Waals surface area contributed by atoms with Gasteiger partial charge >= 0.3 is 0 Å². The summed E-state index contributed by atoms with van der Waals surface area (Å²) in [5, 5.41) is 3.48. The molecule has 0 spiro atoms. The summed E-state index contributed by atoms with van der Waals surface area (Å²) in [6.45, 7) is 8.37. The van der Waals surface area contributed by atoms with Crippen molar-refractivity contribution in [2.24, 2.45) is 0 Å². The molecule has 1 aliphatic rings. The van der Waals surface area contributed by atoms with Gasteiger partial charge in [-0.05, 0) is 46.1 Å². The van der Waals surface area contributed by atoms with Crippen molar-refractivity contribution in [3.63, 3.8) is 0 Å². The normalized spacial score (nSPS) is 20.1. The number of piperidine rings is 1. The second-order valence-corrected chi connectivity index (χ2v) is 5.68. The van der Waals surface area contributed by atoms with Crippen LogP contribution in [0.4, 0.5) is 0 Å². The monoisotopic (exact) mass is 265 g/mol. The van der Waals surface area contributed by atoms with E-state index < -0.39 is 0 Å². The topological polar surface area (TPSA) is 39.1 Å². The summed E-state index contributed by atoms with van der Waals surface area (Å²) in [4.78, 5) is 4.33. The minimum Gasteiger partial charge on any atom is -0.379 e. The van der Waals surface area contributed by atoms with Gasteiger partial charge in [-0.15, -0.1) is 0 Å². The SMILES string of the molecule is CC(C)OCCCCn1cncc1C1CCCNC1. The highest BCUT2D eigenvalue weighted by molar-refractivity contribution is 5.08. The maximum atomic E-state index is 5.57. The Balaban J connectivity index is 1.76. The number of unbranched alkanes of at least 4 members (excludes halogenated alkanes) is 1. The van der Waals surface area contributed by atoms with Crippen molar-refractivity contribution >= 4 is 0 Å². The van der Waals surface area contributed by atoms with E-state index in [1.165, 1.54) is 18.5 Å². The first-order valence-electron chi connectivity index (χ1n) is 7.59. The maximum absolute atomic E-state index is 5.57. The number of hydrogen-bond donors (Lipinski definition) is 1. The number of aromatic nitrogens is 2. The fraction of sp³-hybridized carbons (Fsp3) is 0.800. The highest BCUT2D eigenvalue weighted by Crippen LogP contribution is 2.23. The predicted octanol–water partition coefficient (Wildman–Crippen LogP) is 2.56. The van der Waals surface area contributed by atoms with Gasteiger partial charge in [0.1, 0.15) is 0 Å². The molecule has 19 heavy (non-hydrogen) atoms. The summed E-state index contributed by atoms with van der Waals surface area (Å²) in [5.41, 5.74) is 1.40. The Bertz CT molecular complexity index is 356. The molecule has 0 bridgehead atoms. The summed E-state index contributed by atoms with van der Waals surface area (Å²) in [6.07, 6.45) is 9.22. The number of rotatable bonds is 7. The number of hydrogen-bond acceptors (Lipinski definition) is 3. The fourth-order valence-electron chi connectivity index (χ4n) is 2.67. The third kappa shape index (κ3) is 4.62. The van der Waals surface area contributed by atoms with Crippen LogP contribution in [0, 0.1) is 0 Å². The van der Waals surface area contributed by atoms with Crippen LogP contribution in [0.25, 0.3) is 0 Å². The minimum absolute atomic E-state index is 0.345. The van der Waals surface area contributed by atoms with Gasteiger partial charge in [0.05, 0.1) is 12.4 Å². The molecule has 4 nitrogen and oxygen atoms in total. The molecule has 1 atom stereocenters. The molecule has 0 saturated carbocycles. The first-order valence-corrected chi connectivity index (χ1v) is 7.59. The summed E-state index contributed by atoms with van der Waals surface area (Å²) >= 11 is 0. The van der Waals surface area contributed by atoms with E-state index in [2.05, 4.69) is 28.7 Å². The Morgan fingerprint density at radius 3 is 3.11 bits per heavy atom. The van der Waals surface area contributed by atoms with E-state index in [4.69, 9.17) is 4.74 Å². The smallest absolute Gasteiger partial charge is 0.0948 e. The van der Waals surface area contributed by atoms with E-state index in [0.717, 1.165) is 39.1 Å². The molecule has 1 aliphatic heterocycles. The van der Waals surface area contributed by atoms with Gasteiger partial charge in [0, 0.05) is 37.5 Å². The molecule has 2 heterocycles. The molecule has 1 fully saturated rings. The van der Waals surface area contributed by atoms with Gasteiger partial charge in [0.25, 0.3) is 0 Å². The van der Waals surface area contributed by atoms with Gasteiger partial charge in [-0.25, -0.2) is 4.98 Å². The van der Waals surface area contributed by atoms with Crippen molar-refractivity contribution in [3.05, 3.63) is 18.2 Å². The molecule has 1 aromatic rings. The minimum atomic E-state index is 0.345. The molecule has 1 N–H and O–H groups in total.